The van der Waals surface area contributed by atoms with Crippen molar-refractivity contribution in [2.45, 2.75) is 16.6 Å². The molecule has 1 aliphatic rings. The number of rotatable bonds is 2. The maximum Gasteiger partial charge on any atom is 0.189 e. The van der Waals surface area contributed by atoms with Gasteiger partial charge >= 0.3 is 0 Å². The number of fused-ring (bicyclic) bond motifs is 1. The zero-order valence-corrected chi connectivity index (χ0v) is 10.9. The lowest BCUT2D eigenvalue weighted by Gasteiger charge is -2.08. The van der Waals surface area contributed by atoms with Crippen LogP contribution in [-0.4, -0.2) is 19.5 Å². The molecule has 19 heavy (non-hydrogen) atoms. The molecule has 0 aliphatic carbocycles. The molecule has 0 bridgehead atoms. The van der Waals surface area contributed by atoms with Gasteiger partial charge in [-0.1, -0.05) is 48.5 Å². The first kappa shape index (κ1) is 12.1. The van der Waals surface area contributed by atoms with Gasteiger partial charge < -0.3 is 0 Å². The van der Waals surface area contributed by atoms with Crippen LogP contribution in [0.15, 0.2) is 59.5 Å². The highest BCUT2D eigenvalue weighted by molar-refractivity contribution is 7.93. The Morgan fingerprint density at radius 3 is 2.21 bits per heavy atom. The van der Waals surface area contributed by atoms with Crippen molar-refractivity contribution in [1.29, 1.82) is 0 Å². The molecule has 1 unspecified atom stereocenters. The minimum atomic E-state index is -3.54. The van der Waals surface area contributed by atoms with Crippen molar-refractivity contribution in [2.24, 2.45) is 0 Å². The summed E-state index contributed by atoms with van der Waals surface area (Å²) in [7, 11) is -3.54. The van der Waals surface area contributed by atoms with E-state index >= 15 is 0 Å². The Labute approximate surface area is 111 Å². The molecule has 0 radical (unpaired) electrons. The number of hydrogen-bond donors (Lipinski definition) is 0. The second-order valence-electron chi connectivity index (χ2n) is 4.58. The van der Waals surface area contributed by atoms with E-state index in [4.69, 9.17) is 0 Å². The van der Waals surface area contributed by atoms with Gasteiger partial charge in [0, 0.05) is 5.56 Å². The molecule has 0 fully saturated rings. The zero-order chi connectivity index (χ0) is 13.5. The highest BCUT2D eigenvalue weighted by Crippen LogP contribution is 2.32. The van der Waals surface area contributed by atoms with Crippen LogP contribution >= 0.6 is 0 Å². The largest absolute Gasteiger partial charge is 0.293 e. The van der Waals surface area contributed by atoms with Crippen LogP contribution in [0.4, 0.5) is 0 Å². The molecule has 3 nitrogen and oxygen atoms in total. The van der Waals surface area contributed by atoms with E-state index in [1.807, 2.05) is 30.3 Å². The third-order valence-electron chi connectivity index (χ3n) is 3.39. The minimum absolute atomic E-state index is 0.168. The number of benzene rings is 2. The highest BCUT2D eigenvalue weighted by atomic mass is 32.2. The Hall–Kier alpha value is -1.94. The minimum Gasteiger partial charge on any atom is -0.293 e. The summed E-state index contributed by atoms with van der Waals surface area (Å²) in [5, 5.41) is -0.979. The number of carbonyl (C=O) groups excluding carboxylic acids is 1. The lowest BCUT2D eigenvalue weighted by molar-refractivity contribution is 0.0990. The summed E-state index contributed by atoms with van der Waals surface area (Å²) < 4.78 is 24.8. The number of hydrogen-bond acceptors (Lipinski definition) is 3. The summed E-state index contributed by atoms with van der Waals surface area (Å²) in [6.45, 7) is 0. The average Bonchev–Trinajstić information content (AvgIpc) is 2.62. The van der Waals surface area contributed by atoms with Gasteiger partial charge in [-0.05, 0) is 18.1 Å². The van der Waals surface area contributed by atoms with Gasteiger partial charge in [0.15, 0.2) is 15.6 Å². The normalized spacial score (nSPS) is 20.2. The molecule has 4 heteroatoms. The summed E-state index contributed by atoms with van der Waals surface area (Å²) in [6, 6.07) is 15.7. The molecule has 0 saturated heterocycles. The summed E-state index contributed by atoms with van der Waals surface area (Å²) in [5.41, 5.74) is 1.18. The average molecular weight is 272 g/mol. The number of Topliss-reactive ketones (excluding diaryl/α,β-unsaturated/α-hetero) is 1. The van der Waals surface area contributed by atoms with Crippen molar-refractivity contribution in [3.63, 3.8) is 0 Å². The maximum absolute atomic E-state index is 12.4. The van der Waals surface area contributed by atoms with Gasteiger partial charge in [0.25, 0.3) is 0 Å². The van der Waals surface area contributed by atoms with Crippen LogP contribution < -0.4 is 0 Å². The second-order valence-corrected chi connectivity index (χ2v) is 6.68. The fraction of sp³-hybridized carbons (Fsp3) is 0.133. The Morgan fingerprint density at radius 2 is 1.53 bits per heavy atom. The molecule has 1 atom stereocenters. The van der Waals surface area contributed by atoms with E-state index in [0.29, 0.717) is 5.56 Å². The van der Waals surface area contributed by atoms with E-state index in [-0.39, 0.29) is 17.1 Å². The summed E-state index contributed by atoms with van der Waals surface area (Å²) in [4.78, 5) is 12.4. The molecule has 0 amide bonds. The van der Waals surface area contributed by atoms with Crippen molar-refractivity contribution in [1.82, 2.24) is 0 Å². The zero-order valence-electron chi connectivity index (χ0n) is 10.1. The molecule has 0 saturated carbocycles. The number of carbonyl (C=O) groups is 1. The Kier molecular flexibility index (Phi) is 2.75. The van der Waals surface area contributed by atoms with Gasteiger partial charge in [-0.2, -0.15) is 0 Å². The van der Waals surface area contributed by atoms with Crippen LogP contribution in [0.1, 0.15) is 15.9 Å². The molecular weight excluding hydrogens is 260 g/mol. The SMILES string of the molecule is O=C1c2ccccc2S(=O)(=O)C1Cc1ccccc1. The van der Waals surface area contributed by atoms with Crippen molar-refractivity contribution < 1.29 is 13.2 Å². The third kappa shape index (κ3) is 1.88. The fourth-order valence-electron chi connectivity index (χ4n) is 2.42. The lowest BCUT2D eigenvalue weighted by atomic mass is 10.0. The lowest BCUT2D eigenvalue weighted by Crippen LogP contribution is -2.25. The molecule has 2 aromatic rings. The Morgan fingerprint density at radius 1 is 0.895 bits per heavy atom. The second kappa shape index (κ2) is 4.31. The van der Waals surface area contributed by atoms with Gasteiger partial charge in [-0.25, -0.2) is 8.42 Å². The van der Waals surface area contributed by atoms with Crippen molar-refractivity contribution >= 4 is 15.6 Å². The predicted molar refractivity (Wildman–Crippen MR) is 71.9 cm³/mol. The van der Waals surface area contributed by atoms with Crippen molar-refractivity contribution in [2.75, 3.05) is 0 Å². The first-order valence-electron chi connectivity index (χ1n) is 6.02. The van der Waals surface area contributed by atoms with Crippen LogP contribution in [-0.2, 0) is 16.3 Å². The van der Waals surface area contributed by atoms with E-state index in [2.05, 4.69) is 0 Å². The first-order valence-corrected chi connectivity index (χ1v) is 7.56. The van der Waals surface area contributed by atoms with E-state index in [0.717, 1.165) is 5.56 Å². The Bertz CT molecular complexity index is 733. The monoisotopic (exact) mass is 272 g/mol. The van der Waals surface area contributed by atoms with E-state index in [9.17, 15) is 13.2 Å². The van der Waals surface area contributed by atoms with E-state index in [1.165, 1.54) is 6.07 Å². The highest BCUT2D eigenvalue weighted by Gasteiger charge is 2.43. The summed E-state index contributed by atoms with van der Waals surface area (Å²) >= 11 is 0. The van der Waals surface area contributed by atoms with Gasteiger partial charge in [0.2, 0.25) is 0 Å². The smallest absolute Gasteiger partial charge is 0.189 e. The molecule has 3 rings (SSSR count). The molecule has 96 valence electrons. The topological polar surface area (TPSA) is 51.2 Å². The van der Waals surface area contributed by atoms with E-state index in [1.54, 1.807) is 18.2 Å². The molecule has 1 aliphatic heterocycles. The van der Waals surface area contributed by atoms with Gasteiger partial charge in [-0.3, -0.25) is 4.79 Å². The van der Waals surface area contributed by atoms with Gasteiger partial charge in [0.1, 0.15) is 5.25 Å². The van der Waals surface area contributed by atoms with Gasteiger partial charge in [-0.15, -0.1) is 0 Å². The van der Waals surface area contributed by atoms with Crippen LogP contribution in [0.5, 0.6) is 0 Å². The molecule has 0 spiro atoms. The third-order valence-corrected chi connectivity index (χ3v) is 5.49. The quantitative estimate of drug-likeness (QED) is 0.842. The van der Waals surface area contributed by atoms with Crippen LogP contribution in [0.2, 0.25) is 0 Å². The fourth-order valence-corrected chi connectivity index (χ4v) is 4.29. The van der Waals surface area contributed by atoms with Gasteiger partial charge in [0.05, 0.1) is 4.90 Å². The predicted octanol–water partition coefficient (Wildman–Crippen LogP) is 2.27. The van der Waals surface area contributed by atoms with Crippen molar-refractivity contribution in [3.05, 3.63) is 65.7 Å². The van der Waals surface area contributed by atoms with Crippen LogP contribution in [0.3, 0.4) is 0 Å². The molecule has 2 aromatic carbocycles. The molecule has 0 N–H and O–H groups in total. The number of ketones is 1. The Balaban J connectivity index is 2.04. The van der Waals surface area contributed by atoms with Crippen LogP contribution in [0, 0.1) is 0 Å². The first-order chi connectivity index (χ1) is 9.10. The van der Waals surface area contributed by atoms with Crippen LogP contribution in [0.25, 0.3) is 0 Å². The summed E-state index contributed by atoms with van der Waals surface area (Å²) in [5.74, 6) is -0.292. The van der Waals surface area contributed by atoms with E-state index < -0.39 is 15.1 Å². The molecule has 0 aromatic heterocycles. The molecule has 1 heterocycles. The standard InChI is InChI=1S/C15H12O3S/c16-15-12-8-4-5-9-13(12)19(17,18)14(15)10-11-6-2-1-3-7-11/h1-9,14H,10H2. The van der Waals surface area contributed by atoms with Crippen molar-refractivity contribution in [3.8, 4) is 0 Å². The molecular formula is C15H12O3S. The summed E-state index contributed by atoms with van der Waals surface area (Å²) in [6.07, 6.45) is 0.233. The number of sulfone groups is 1. The maximum atomic E-state index is 12.4.